The van der Waals surface area contributed by atoms with Crippen LogP contribution in [-0.4, -0.2) is 26.3 Å². The summed E-state index contributed by atoms with van der Waals surface area (Å²) in [6.45, 7) is 2.13. The molecular weight excluding hydrogens is 314 g/mol. The highest BCUT2D eigenvalue weighted by Crippen LogP contribution is 2.34. The maximum Gasteiger partial charge on any atom is 0.273 e. The zero-order valence-electron chi connectivity index (χ0n) is 14.0. The Labute approximate surface area is 139 Å². The summed E-state index contributed by atoms with van der Waals surface area (Å²) < 4.78 is 21.5. The molecule has 128 valence electrons. The standard InChI is InChI=1S/C17H19NO6/c1-11-7-15(22-3)16(23-4)8-12(11)10-24-17-9-13(18(19)20)5-6-14(17)21-2/h5-9H,10H2,1-4H3. The minimum atomic E-state index is -0.478. The van der Waals surface area contributed by atoms with Crippen LogP contribution in [0.15, 0.2) is 30.3 Å². The first-order valence-electron chi connectivity index (χ1n) is 7.16. The van der Waals surface area contributed by atoms with Crippen LogP contribution in [0.25, 0.3) is 0 Å². The van der Waals surface area contributed by atoms with Gasteiger partial charge in [-0.05, 0) is 36.2 Å². The van der Waals surface area contributed by atoms with E-state index in [-0.39, 0.29) is 12.3 Å². The number of nitro benzene ring substituents is 1. The normalized spacial score (nSPS) is 10.2. The van der Waals surface area contributed by atoms with Gasteiger partial charge in [0.2, 0.25) is 0 Å². The third-order valence-corrected chi connectivity index (χ3v) is 3.58. The lowest BCUT2D eigenvalue weighted by Gasteiger charge is -2.14. The van der Waals surface area contributed by atoms with E-state index >= 15 is 0 Å². The first-order chi connectivity index (χ1) is 11.5. The van der Waals surface area contributed by atoms with Gasteiger partial charge in [-0.25, -0.2) is 0 Å². The molecule has 0 aliphatic heterocycles. The van der Waals surface area contributed by atoms with Crippen molar-refractivity contribution in [3.8, 4) is 23.0 Å². The van der Waals surface area contributed by atoms with Crippen molar-refractivity contribution in [2.75, 3.05) is 21.3 Å². The van der Waals surface area contributed by atoms with E-state index in [1.165, 1.54) is 25.3 Å². The zero-order valence-corrected chi connectivity index (χ0v) is 14.0. The second-order valence-electron chi connectivity index (χ2n) is 5.01. The van der Waals surface area contributed by atoms with E-state index in [4.69, 9.17) is 18.9 Å². The van der Waals surface area contributed by atoms with Crippen LogP contribution in [0.5, 0.6) is 23.0 Å². The molecule has 2 aromatic rings. The lowest BCUT2D eigenvalue weighted by atomic mass is 10.1. The third kappa shape index (κ3) is 3.68. The van der Waals surface area contributed by atoms with E-state index in [1.807, 2.05) is 19.1 Å². The smallest absolute Gasteiger partial charge is 0.273 e. The molecule has 0 fully saturated rings. The first kappa shape index (κ1) is 17.4. The predicted octanol–water partition coefficient (Wildman–Crippen LogP) is 3.51. The number of rotatable bonds is 7. The molecule has 0 saturated carbocycles. The zero-order chi connectivity index (χ0) is 17.7. The molecule has 0 aliphatic carbocycles. The lowest BCUT2D eigenvalue weighted by molar-refractivity contribution is -0.385. The van der Waals surface area contributed by atoms with Crippen LogP contribution < -0.4 is 18.9 Å². The predicted molar refractivity (Wildman–Crippen MR) is 88.3 cm³/mol. The SMILES string of the molecule is COc1cc(C)c(COc2cc([N+](=O)[O-])ccc2OC)cc1OC. The van der Waals surface area contributed by atoms with Gasteiger partial charge >= 0.3 is 0 Å². The molecule has 0 atom stereocenters. The Bertz CT molecular complexity index is 744. The average Bonchev–Trinajstić information content (AvgIpc) is 2.59. The molecule has 0 N–H and O–H groups in total. The maximum atomic E-state index is 10.9. The number of non-ortho nitro benzene ring substituents is 1. The van der Waals surface area contributed by atoms with Gasteiger partial charge in [0.15, 0.2) is 23.0 Å². The molecule has 0 bridgehead atoms. The molecule has 7 heteroatoms. The topological polar surface area (TPSA) is 80.1 Å². The summed E-state index contributed by atoms with van der Waals surface area (Å²) in [4.78, 5) is 10.4. The van der Waals surface area contributed by atoms with Gasteiger partial charge in [0, 0.05) is 6.07 Å². The van der Waals surface area contributed by atoms with Crippen molar-refractivity contribution in [3.63, 3.8) is 0 Å². The van der Waals surface area contributed by atoms with Crippen molar-refractivity contribution in [1.82, 2.24) is 0 Å². The highest BCUT2D eigenvalue weighted by Gasteiger charge is 2.14. The number of hydrogen-bond acceptors (Lipinski definition) is 6. The number of methoxy groups -OCH3 is 3. The molecule has 2 aromatic carbocycles. The Morgan fingerprint density at radius 3 is 2.12 bits per heavy atom. The summed E-state index contributed by atoms with van der Waals surface area (Å²) >= 11 is 0. The first-order valence-corrected chi connectivity index (χ1v) is 7.16. The van der Waals surface area contributed by atoms with Gasteiger partial charge in [0.05, 0.1) is 32.3 Å². The summed E-state index contributed by atoms with van der Waals surface area (Å²) in [5.74, 6) is 1.96. The van der Waals surface area contributed by atoms with Crippen molar-refractivity contribution in [2.45, 2.75) is 13.5 Å². The fourth-order valence-electron chi connectivity index (χ4n) is 2.23. The van der Waals surface area contributed by atoms with Gasteiger partial charge in [0.25, 0.3) is 5.69 Å². The monoisotopic (exact) mass is 333 g/mol. The number of ether oxygens (including phenoxy) is 4. The molecule has 7 nitrogen and oxygen atoms in total. The molecule has 2 rings (SSSR count). The molecule has 0 saturated heterocycles. The fraction of sp³-hybridized carbons (Fsp3) is 0.294. The van der Waals surface area contributed by atoms with Crippen LogP contribution in [-0.2, 0) is 6.61 Å². The second kappa shape index (κ2) is 7.54. The van der Waals surface area contributed by atoms with Crippen molar-refractivity contribution >= 4 is 5.69 Å². The second-order valence-corrected chi connectivity index (χ2v) is 5.01. The highest BCUT2D eigenvalue weighted by atomic mass is 16.6. The van der Waals surface area contributed by atoms with Gasteiger partial charge in [0.1, 0.15) is 6.61 Å². The molecule has 0 unspecified atom stereocenters. The van der Waals surface area contributed by atoms with E-state index in [9.17, 15) is 10.1 Å². The Kier molecular flexibility index (Phi) is 5.47. The van der Waals surface area contributed by atoms with Gasteiger partial charge in [-0.2, -0.15) is 0 Å². The summed E-state index contributed by atoms with van der Waals surface area (Å²) in [6.07, 6.45) is 0. The van der Waals surface area contributed by atoms with Crippen molar-refractivity contribution in [2.24, 2.45) is 0 Å². The highest BCUT2D eigenvalue weighted by molar-refractivity contribution is 5.50. The van der Waals surface area contributed by atoms with E-state index < -0.39 is 4.92 Å². The van der Waals surface area contributed by atoms with E-state index in [1.54, 1.807) is 14.2 Å². The van der Waals surface area contributed by atoms with Crippen LogP contribution in [0.4, 0.5) is 5.69 Å². The Morgan fingerprint density at radius 1 is 0.917 bits per heavy atom. The summed E-state index contributed by atoms with van der Waals surface area (Å²) in [6, 6.07) is 7.89. The Hall–Kier alpha value is -2.96. The number of nitrogens with zero attached hydrogens (tertiary/aromatic N) is 1. The molecule has 0 radical (unpaired) electrons. The summed E-state index contributed by atoms with van der Waals surface area (Å²) in [5, 5.41) is 10.9. The minimum Gasteiger partial charge on any atom is -0.493 e. The van der Waals surface area contributed by atoms with E-state index in [2.05, 4.69) is 0 Å². The van der Waals surface area contributed by atoms with E-state index in [0.29, 0.717) is 23.0 Å². The maximum absolute atomic E-state index is 10.9. The van der Waals surface area contributed by atoms with Crippen LogP contribution in [0.2, 0.25) is 0 Å². The quantitative estimate of drug-likeness (QED) is 0.570. The minimum absolute atomic E-state index is 0.0603. The van der Waals surface area contributed by atoms with Gasteiger partial charge in [-0.1, -0.05) is 0 Å². The van der Waals surface area contributed by atoms with Crippen molar-refractivity contribution < 1.29 is 23.9 Å². The summed E-state index contributed by atoms with van der Waals surface area (Å²) in [5.41, 5.74) is 1.77. The average molecular weight is 333 g/mol. The molecule has 0 heterocycles. The van der Waals surface area contributed by atoms with Gasteiger partial charge in [-0.3, -0.25) is 10.1 Å². The summed E-state index contributed by atoms with van der Waals surface area (Å²) in [7, 11) is 4.61. The molecule has 24 heavy (non-hydrogen) atoms. The van der Waals surface area contributed by atoms with Gasteiger partial charge in [-0.15, -0.1) is 0 Å². The number of hydrogen-bond donors (Lipinski definition) is 0. The molecule has 0 aromatic heterocycles. The molecular formula is C17H19NO6. The largest absolute Gasteiger partial charge is 0.493 e. The molecule has 0 aliphatic rings. The number of benzene rings is 2. The van der Waals surface area contributed by atoms with Crippen molar-refractivity contribution in [3.05, 3.63) is 51.6 Å². The lowest BCUT2D eigenvalue weighted by Crippen LogP contribution is -2.02. The van der Waals surface area contributed by atoms with E-state index in [0.717, 1.165) is 11.1 Å². The van der Waals surface area contributed by atoms with Crippen molar-refractivity contribution in [1.29, 1.82) is 0 Å². The van der Waals surface area contributed by atoms with Crippen LogP contribution >= 0.6 is 0 Å². The number of nitro groups is 1. The fourth-order valence-corrected chi connectivity index (χ4v) is 2.23. The van der Waals surface area contributed by atoms with Gasteiger partial charge < -0.3 is 18.9 Å². The third-order valence-electron chi connectivity index (χ3n) is 3.58. The Morgan fingerprint density at radius 2 is 1.54 bits per heavy atom. The number of aryl methyl sites for hydroxylation is 1. The van der Waals surface area contributed by atoms with Crippen LogP contribution in [0.3, 0.4) is 0 Å². The molecule has 0 spiro atoms. The molecule has 0 amide bonds. The Balaban J connectivity index is 2.27. The van der Waals surface area contributed by atoms with Crippen LogP contribution in [0.1, 0.15) is 11.1 Å². The van der Waals surface area contributed by atoms with Crippen LogP contribution in [0, 0.1) is 17.0 Å².